The summed E-state index contributed by atoms with van der Waals surface area (Å²) in [5.74, 6) is -0.0214. The molecule has 0 aliphatic rings. The highest BCUT2D eigenvalue weighted by Gasteiger charge is 2.38. The lowest BCUT2D eigenvalue weighted by molar-refractivity contribution is -0.606. The van der Waals surface area contributed by atoms with Crippen LogP contribution < -0.4 is 9.47 Å². The second kappa shape index (κ2) is 4.26. The SMILES string of the molecule is CC(Oc1cc[n+]([O-])cc1Br)C(F)(F)F. The van der Waals surface area contributed by atoms with E-state index >= 15 is 0 Å². The van der Waals surface area contributed by atoms with Crippen LogP contribution in [0.3, 0.4) is 0 Å². The molecule has 15 heavy (non-hydrogen) atoms. The monoisotopic (exact) mass is 285 g/mol. The summed E-state index contributed by atoms with van der Waals surface area (Å²) in [4.78, 5) is 0. The number of ether oxygens (including phenoxy) is 1. The summed E-state index contributed by atoms with van der Waals surface area (Å²) in [6.45, 7) is 0.894. The lowest BCUT2D eigenvalue weighted by atomic mass is 10.4. The first-order valence-electron chi connectivity index (χ1n) is 3.92. The van der Waals surface area contributed by atoms with Gasteiger partial charge in [-0.2, -0.15) is 17.9 Å². The molecule has 3 nitrogen and oxygen atoms in total. The summed E-state index contributed by atoms with van der Waals surface area (Å²) in [6, 6.07) is 1.17. The molecule has 0 saturated heterocycles. The van der Waals surface area contributed by atoms with Gasteiger partial charge in [0, 0.05) is 6.07 Å². The smallest absolute Gasteiger partial charge is 0.425 e. The van der Waals surface area contributed by atoms with Gasteiger partial charge in [0.25, 0.3) is 0 Å². The van der Waals surface area contributed by atoms with Crippen molar-refractivity contribution >= 4 is 15.9 Å². The van der Waals surface area contributed by atoms with E-state index < -0.39 is 12.3 Å². The first-order chi connectivity index (χ1) is 6.80. The molecule has 0 aromatic carbocycles. The Hall–Kier alpha value is -0.980. The quantitative estimate of drug-likeness (QED) is 0.618. The molecule has 0 aliphatic heterocycles. The second-order valence-corrected chi connectivity index (χ2v) is 3.67. The molecule has 1 atom stereocenters. The van der Waals surface area contributed by atoms with Crippen LogP contribution in [-0.2, 0) is 0 Å². The van der Waals surface area contributed by atoms with Crippen LogP contribution in [0.2, 0.25) is 0 Å². The summed E-state index contributed by atoms with van der Waals surface area (Å²) in [7, 11) is 0. The third-order valence-corrected chi connectivity index (χ3v) is 2.21. The average molecular weight is 286 g/mol. The number of aromatic nitrogens is 1. The molecule has 84 valence electrons. The number of halogens is 4. The maximum Gasteiger partial charge on any atom is 0.425 e. The van der Waals surface area contributed by atoms with E-state index in [0.717, 1.165) is 19.3 Å². The number of pyridine rings is 1. The Bertz CT molecular complexity index is 356. The topological polar surface area (TPSA) is 36.2 Å². The Morgan fingerprint density at radius 3 is 2.60 bits per heavy atom. The van der Waals surface area contributed by atoms with Gasteiger partial charge in [0.05, 0.1) is 0 Å². The van der Waals surface area contributed by atoms with E-state index in [1.807, 2.05) is 0 Å². The van der Waals surface area contributed by atoms with Crippen LogP contribution in [0.1, 0.15) is 6.92 Å². The van der Waals surface area contributed by atoms with Gasteiger partial charge in [-0.1, -0.05) is 0 Å². The van der Waals surface area contributed by atoms with Crippen molar-refractivity contribution in [1.29, 1.82) is 0 Å². The minimum Gasteiger partial charge on any atom is -0.619 e. The Labute approximate surface area is 92.2 Å². The van der Waals surface area contributed by atoms with Crippen LogP contribution in [0.25, 0.3) is 0 Å². The normalized spacial score (nSPS) is 13.7. The third kappa shape index (κ3) is 3.26. The fraction of sp³-hybridized carbons (Fsp3) is 0.375. The molecule has 1 unspecified atom stereocenters. The first kappa shape index (κ1) is 12.1. The molecule has 0 aliphatic carbocycles. The van der Waals surface area contributed by atoms with Gasteiger partial charge < -0.3 is 9.94 Å². The van der Waals surface area contributed by atoms with Crippen LogP contribution in [0.15, 0.2) is 22.9 Å². The molecule has 0 fully saturated rings. The van der Waals surface area contributed by atoms with Crippen LogP contribution in [-0.4, -0.2) is 12.3 Å². The second-order valence-electron chi connectivity index (χ2n) is 2.82. The molecule has 0 saturated carbocycles. The summed E-state index contributed by atoms with van der Waals surface area (Å²) in [6.07, 6.45) is -4.22. The van der Waals surface area contributed by atoms with Crippen molar-refractivity contribution in [3.8, 4) is 5.75 Å². The van der Waals surface area contributed by atoms with Gasteiger partial charge in [0.1, 0.15) is 10.2 Å². The van der Waals surface area contributed by atoms with Gasteiger partial charge in [0.2, 0.25) is 0 Å². The predicted octanol–water partition coefficient (Wildman–Crippen LogP) is 2.41. The Morgan fingerprint density at radius 1 is 1.53 bits per heavy atom. The van der Waals surface area contributed by atoms with Crippen molar-refractivity contribution in [3.63, 3.8) is 0 Å². The molecule has 0 radical (unpaired) electrons. The van der Waals surface area contributed by atoms with Crippen LogP contribution in [0, 0.1) is 5.21 Å². The van der Waals surface area contributed by atoms with Crippen molar-refractivity contribution in [2.45, 2.75) is 19.2 Å². The van der Waals surface area contributed by atoms with Crippen molar-refractivity contribution < 1.29 is 22.6 Å². The van der Waals surface area contributed by atoms with E-state index in [1.165, 1.54) is 6.07 Å². The van der Waals surface area contributed by atoms with E-state index in [4.69, 9.17) is 0 Å². The van der Waals surface area contributed by atoms with Crippen LogP contribution in [0.4, 0.5) is 13.2 Å². The highest BCUT2D eigenvalue weighted by molar-refractivity contribution is 9.10. The van der Waals surface area contributed by atoms with Gasteiger partial charge in [-0.05, 0) is 22.9 Å². The summed E-state index contributed by atoms with van der Waals surface area (Å²) >= 11 is 2.93. The summed E-state index contributed by atoms with van der Waals surface area (Å²) < 4.78 is 41.7. The Kier molecular flexibility index (Phi) is 3.43. The van der Waals surface area contributed by atoms with E-state index in [9.17, 15) is 18.4 Å². The van der Waals surface area contributed by atoms with Crippen LogP contribution in [0.5, 0.6) is 5.75 Å². The standard InChI is InChI=1S/C8H7BrF3NO2/c1-5(8(10,11)12)15-7-2-3-13(14)4-6(7)9/h2-5H,1H3. The zero-order chi connectivity index (χ0) is 11.6. The van der Waals surface area contributed by atoms with E-state index in [2.05, 4.69) is 20.7 Å². The third-order valence-electron chi connectivity index (χ3n) is 1.61. The molecular weight excluding hydrogens is 279 g/mol. The molecule has 7 heteroatoms. The molecule has 1 aromatic heterocycles. The number of nitrogens with zero attached hydrogens (tertiary/aromatic N) is 1. The number of hydrogen-bond donors (Lipinski definition) is 0. The molecule has 0 bridgehead atoms. The van der Waals surface area contributed by atoms with Gasteiger partial charge in [-0.3, -0.25) is 0 Å². The number of alkyl halides is 3. The minimum atomic E-state index is -4.43. The zero-order valence-electron chi connectivity index (χ0n) is 7.58. The van der Waals surface area contributed by atoms with Gasteiger partial charge in [-0.25, -0.2) is 0 Å². The molecule has 0 amide bonds. The fourth-order valence-corrected chi connectivity index (χ4v) is 1.22. The molecular formula is C8H7BrF3NO2. The maximum absolute atomic E-state index is 12.1. The molecule has 1 rings (SSSR count). The maximum atomic E-state index is 12.1. The molecule has 0 spiro atoms. The van der Waals surface area contributed by atoms with Gasteiger partial charge >= 0.3 is 6.18 Å². The lowest BCUT2D eigenvalue weighted by Crippen LogP contribution is -2.32. The largest absolute Gasteiger partial charge is 0.619 e. The lowest BCUT2D eigenvalue weighted by Gasteiger charge is -2.17. The van der Waals surface area contributed by atoms with Gasteiger partial charge in [-0.15, -0.1) is 0 Å². The Balaban J connectivity index is 2.82. The van der Waals surface area contributed by atoms with Crippen molar-refractivity contribution in [3.05, 3.63) is 28.1 Å². The molecule has 1 heterocycles. The predicted molar refractivity (Wildman–Crippen MR) is 49.2 cm³/mol. The molecule has 1 aromatic rings. The highest BCUT2D eigenvalue weighted by atomic mass is 79.9. The van der Waals surface area contributed by atoms with Gasteiger partial charge in [0.15, 0.2) is 18.5 Å². The van der Waals surface area contributed by atoms with E-state index in [-0.39, 0.29) is 10.2 Å². The van der Waals surface area contributed by atoms with Crippen molar-refractivity contribution in [1.82, 2.24) is 0 Å². The van der Waals surface area contributed by atoms with Crippen molar-refractivity contribution in [2.24, 2.45) is 0 Å². The summed E-state index contributed by atoms with van der Waals surface area (Å²) in [5, 5.41) is 10.7. The highest BCUT2D eigenvalue weighted by Crippen LogP contribution is 2.28. The van der Waals surface area contributed by atoms with Crippen molar-refractivity contribution in [2.75, 3.05) is 0 Å². The van der Waals surface area contributed by atoms with E-state index in [0.29, 0.717) is 4.73 Å². The molecule has 0 N–H and O–H groups in total. The zero-order valence-corrected chi connectivity index (χ0v) is 9.17. The Morgan fingerprint density at radius 2 is 2.13 bits per heavy atom. The fourth-order valence-electron chi connectivity index (χ4n) is 0.792. The average Bonchev–Trinajstić information content (AvgIpc) is 2.08. The summed E-state index contributed by atoms with van der Waals surface area (Å²) in [5.41, 5.74) is 0. The van der Waals surface area contributed by atoms with Crippen LogP contribution >= 0.6 is 15.9 Å². The number of hydrogen-bond acceptors (Lipinski definition) is 2. The number of rotatable bonds is 2. The first-order valence-corrected chi connectivity index (χ1v) is 4.71. The minimum absolute atomic E-state index is 0.0214. The van der Waals surface area contributed by atoms with E-state index in [1.54, 1.807) is 0 Å².